The number of alkyl halides is 3. The lowest BCUT2D eigenvalue weighted by Gasteiger charge is -2.28. The van der Waals surface area contributed by atoms with Gasteiger partial charge in [0, 0.05) is 122 Å². The van der Waals surface area contributed by atoms with Crippen molar-refractivity contribution < 1.29 is 32.3 Å². The number of thiophene rings is 1. The fraction of sp³-hybridized carbons (Fsp3) is 0.294. The second kappa shape index (κ2) is 36.5. The predicted molar refractivity (Wildman–Crippen MR) is 490 cm³/mol. The second-order valence-electron chi connectivity index (χ2n) is 35.3. The molecule has 0 saturated heterocycles. The summed E-state index contributed by atoms with van der Waals surface area (Å²) in [7, 11) is 0. The Balaban J connectivity index is 0.000000128. The van der Waals surface area contributed by atoms with Gasteiger partial charge in [-0.25, -0.2) is 44.9 Å². The number of hydrogen-bond donors (Lipinski definition) is 3. The molecule has 0 saturated carbocycles. The minimum absolute atomic E-state index is 0.0232. The van der Waals surface area contributed by atoms with Gasteiger partial charge in [-0.05, 0) is 193 Å². The summed E-state index contributed by atoms with van der Waals surface area (Å²) in [6, 6.07) is 49.1. The number of hydrogen-bond acceptors (Lipinski definition) is 16. The molecule has 22 heteroatoms. The van der Waals surface area contributed by atoms with Crippen LogP contribution < -0.4 is 0 Å². The lowest BCUT2D eigenvalue weighted by molar-refractivity contribution is -0.137. The molecule has 124 heavy (non-hydrogen) atoms. The number of aromatic nitrogens is 13. The minimum Gasteiger partial charge on any atom is -0.346 e. The van der Waals surface area contributed by atoms with Crippen molar-refractivity contribution in [3.05, 3.63) is 306 Å². The molecule has 16 aromatic rings. The number of carbonyl (C=O) groups is 4. The summed E-state index contributed by atoms with van der Waals surface area (Å²) in [4.78, 5) is 107. The number of nitrogens with zero attached hydrogens (tertiary/aromatic N) is 10. The first-order valence-corrected chi connectivity index (χ1v) is 43.9. The third-order valence-corrected chi connectivity index (χ3v) is 26.2. The van der Waals surface area contributed by atoms with Crippen LogP contribution in [0, 0.1) is 20.8 Å². The Kier molecular flexibility index (Phi) is 25.4. The zero-order valence-corrected chi connectivity index (χ0v) is 73.6. The summed E-state index contributed by atoms with van der Waals surface area (Å²) in [6.45, 7) is 25.9. The van der Waals surface area contributed by atoms with Crippen molar-refractivity contribution in [3.63, 3.8) is 0 Å². The minimum atomic E-state index is -4.47. The first-order chi connectivity index (χ1) is 59.4. The van der Waals surface area contributed by atoms with Gasteiger partial charge in [0.2, 0.25) is 0 Å². The van der Waals surface area contributed by atoms with E-state index in [2.05, 4.69) is 221 Å². The van der Waals surface area contributed by atoms with Crippen LogP contribution in [0.2, 0.25) is 0 Å². The van der Waals surface area contributed by atoms with Crippen molar-refractivity contribution in [3.8, 4) is 45.0 Å². The Labute approximate surface area is 727 Å². The molecule has 10 heterocycles. The van der Waals surface area contributed by atoms with Crippen molar-refractivity contribution >= 4 is 89.1 Å². The fourth-order valence-electron chi connectivity index (χ4n) is 16.5. The number of benzene rings is 6. The number of fused-ring (bicyclic) bond motifs is 7. The monoisotopic (exact) mass is 1690 g/mol. The summed E-state index contributed by atoms with van der Waals surface area (Å²) in [5, 5.41) is 5.23. The molecule has 2 aliphatic rings. The summed E-state index contributed by atoms with van der Waals surface area (Å²) in [5.74, 6) is 0.566. The Hall–Kier alpha value is -12.5. The number of pyridine rings is 1. The van der Waals surface area contributed by atoms with Gasteiger partial charge < -0.3 is 15.0 Å². The third kappa shape index (κ3) is 19.6. The maximum atomic E-state index is 13.2. The van der Waals surface area contributed by atoms with E-state index in [-0.39, 0.29) is 57.4 Å². The smallest absolute Gasteiger partial charge is 0.346 e. The number of thiazole rings is 1. The topological polar surface area (TPSA) is 245 Å². The first-order valence-electron chi connectivity index (χ1n) is 42.2. The highest BCUT2D eigenvalue weighted by atomic mass is 32.1. The van der Waals surface area contributed by atoms with Crippen molar-refractivity contribution in [1.82, 2.24) is 64.8 Å². The Morgan fingerprint density at radius 1 is 0.435 bits per heavy atom. The SMILES string of the molecule is Cc1c(-c2ncnc3[nH]ccc23)ccc2c1CCCC2CC(=O)c1ccc(C(C)(C)C)cc1.Cc1cc(-c2ncnc3sc4c(c23)CCC4)ccc1CCC(=O)c1cnc(C(C)(C)C)s1.Cc1cc(CCC(=O)c2ccc(C(C)(C)C)cc2)ccc1-c1ncnc2[nH]ccc12.O=C(CCc1ccc(-c2ncnc3[nH]ccc23)cc1)c1ccc(C(F)(F)F)cn1. The molecule has 10 aromatic heterocycles. The molecule has 3 N–H and O–H groups in total. The largest absolute Gasteiger partial charge is 0.417 e. The van der Waals surface area contributed by atoms with Gasteiger partial charge in [-0.15, -0.1) is 22.7 Å². The van der Waals surface area contributed by atoms with Crippen LogP contribution in [-0.2, 0) is 60.9 Å². The van der Waals surface area contributed by atoms with Crippen LogP contribution in [0.4, 0.5) is 13.2 Å². The molecule has 0 spiro atoms. The maximum absolute atomic E-state index is 13.2. The number of H-pyrrole nitrogens is 3. The van der Waals surface area contributed by atoms with Gasteiger partial charge in [0.05, 0.1) is 38.2 Å². The van der Waals surface area contributed by atoms with Crippen molar-refractivity contribution in [1.29, 1.82) is 0 Å². The molecular formula is C102H100F3N13O4S2. The van der Waals surface area contributed by atoms with Gasteiger partial charge in [0.15, 0.2) is 23.1 Å². The van der Waals surface area contributed by atoms with Crippen LogP contribution in [-0.4, -0.2) is 87.9 Å². The second-order valence-corrected chi connectivity index (χ2v) is 37.4. The lowest BCUT2D eigenvalue weighted by atomic mass is 9.76. The van der Waals surface area contributed by atoms with E-state index >= 15 is 0 Å². The van der Waals surface area contributed by atoms with E-state index in [1.807, 2.05) is 90.5 Å². The number of aromatic amines is 3. The molecule has 18 rings (SSSR count). The van der Waals surface area contributed by atoms with E-state index in [9.17, 15) is 32.3 Å². The van der Waals surface area contributed by atoms with Gasteiger partial charge in [0.25, 0.3) is 0 Å². The van der Waals surface area contributed by atoms with Crippen LogP contribution in [0.15, 0.2) is 208 Å². The van der Waals surface area contributed by atoms with Crippen LogP contribution >= 0.6 is 22.7 Å². The summed E-state index contributed by atoms with van der Waals surface area (Å²) in [6.07, 6.45) is 20.4. The number of Topliss-reactive ketones (excluding diaryl/α,β-unsaturated/α-hetero) is 4. The van der Waals surface area contributed by atoms with Crippen molar-refractivity contribution in [2.24, 2.45) is 0 Å². The number of nitrogens with one attached hydrogen (secondary N) is 3. The Bertz CT molecular complexity index is 6600. The molecule has 0 aliphatic heterocycles. The number of aryl methyl sites for hydroxylation is 7. The van der Waals surface area contributed by atoms with E-state index in [1.54, 1.807) is 31.4 Å². The van der Waals surface area contributed by atoms with Gasteiger partial charge >= 0.3 is 6.18 Å². The highest BCUT2D eigenvalue weighted by Crippen LogP contribution is 2.44. The number of carbonyl (C=O) groups excluding carboxylic acids is 4. The van der Waals surface area contributed by atoms with Gasteiger partial charge in [0.1, 0.15) is 52.8 Å². The molecular weight excluding hydrogens is 1590 g/mol. The highest BCUT2D eigenvalue weighted by Gasteiger charge is 2.32. The molecule has 630 valence electrons. The zero-order valence-electron chi connectivity index (χ0n) is 72.0. The summed E-state index contributed by atoms with van der Waals surface area (Å²) < 4.78 is 37.7. The fourth-order valence-corrected chi connectivity index (χ4v) is 18.6. The molecule has 1 unspecified atom stereocenters. The predicted octanol–water partition coefficient (Wildman–Crippen LogP) is 24.5. The third-order valence-electron chi connectivity index (χ3n) is 23.5. The molecule has 1 atom stereocenters. The van der Waals surface area contributed by atoms with Gasteiger partial charge in [-0.2, -0.15) is 13.2 Å². The quantitative estimate of drug-likeness (QED) is 0.0638. The van der Waals surface area contributed by atoms with Crippen LogP contribution in [0.1, 0.15) is 231 Å². The maximum Gasteiger partial charge on any atom is 0.417 e. The summed E-state index contributed by atoms with van der Waals surface area (Å²) in [5.41, 5.74) is 25.1. The van der Waals surface area contributed by atoms with Gasteiger partial charge in [-0.3, -0.25) is 24.2 Å². The lowest BCUT2D eigenvalue weighted by Crippen LogP contribution is -2.16. The highest BCUT2D eigenvalue weighted by molar-refractivity contribution is 7.19. The van der Waals surface area contributed by atoms with E-state index in [1.165, 1.54) is 85.3 Å². The molecule has 0 amide bonds. The van der Waals surface area contributed by atoms with Crippen molar-refractivity contribution in [2.45, 2.75) is 195 Å². The van der Waals surface area contributed by atoms with Crippen LogP contribution in [0.3, 0.4) is 0 Å². The normalized spacial score (nSPS) is 13.4. The average molecular weight is 1690 g/mol. The number of halogens is 3. The molecule has 17 nitrogen and oxygen atoms in total. The number of rotatable bonds is 19. The number of ketones is 4. The van der Waals surface area contributed by atoms with Gasteiger partial charge in [-0.1, -0.05) is 178 Å². The molecule has 2 aliphatic carbocycles. The first kappa shape index (κ1) is 86.4. The standard InChI is InChI=1S/C29H31N3O.C26H27N3OS2.C26H27N3O.C21H15F3N4O/c1-18-22-7-5-6-20(16-26(33)19-8-10-21(11-9-19)29(2,3)4)24(22)13-12-23(18)27-25-14-15-30-28(25)32-17-31-27;1-15-12-17(23-22-18-6-5-7-20(18)31-24(22)29-14-28-23)9-8-16(15)10-11-19(30)21-13-27-25(32-21)26(2,3)4;1-17-15-18(5-11-21(17)24-22-13-14-27-25(22)29-16-28-24)6-12-23(30)19-7-9-20(10-8-19)26(2,3)4;22-21(23,24)15-6-7-17(26-11-15)18(29)8-3-13-1-4-14(5-2-13)19-16-9-10-25-20(16)28-12-27-19/h8-15,17,20H,5-7,16H2,1-4H3,(H,30,31,32);8-9,12-14H,5-7,10-11H2,1-4H3;5,7-11,13-16H,6,12H2,1-4H3,(H,27,28,29);1-2,4-7,9-12H,3,8H2,(H,25,27,28). The summed E-state index contributed by atoms with van der Waals surface area (Å²) >= 11 is 3.35. The van der Waals surface area contributed by atoms with Crippen molar-refractivity contribution in [2.75, 3.05) is 0 Å². The molecule has 0 bridgehead atoms. The van der Waals surface area contributed by atoms with Crippen LogP contribution in [0.25, 0.3) is 88.3 Å². The molecule has 0 radical (unpaired) electrons. The van der Waals surface area contributed by atoms with E-state index < -0.39 is 11.7 Å². The van der Waals surface area contributed by atoms with Crippen LogP contribution in [0.5, 0.6) is 0 Å². The Morgan fingerprint density at radius 3 is 1.56 bits per heavy atom. The Morgan fingerprint density at radius 2 is 0.976 bits per heavy atom. The van der Waals surface area contributed by atoms with E-state index in [0.29, 0.717) is 31.9 Å². The zero-order chi connectivity index (χ0) is 87.4. The van der Waals surface area contributed by atoms with E-state index in [4.69, 9.17) is 0 Å². The molecule has 6 aromatic carbocycles. The molecule has 0 fully saturated rings. The average Bonchev–Trinajstić information content (AvgIpc) is 1.59. The van der Waals surface area contributed by atoms with E-state index in [0.717, 1.165) is 171 Å².